The fraction of sp³-hybridized carbons (Fsp3) is 0.389. The van der Waals surface area contributed by atoms with Gasteiger partial charge in [0.05, 0.1) is 15.6 Å². The number of benzene rings is 1. The van der Waals surface area contributed by atoms with Crippen LogP contribution >= 0.6 is 34.5 Å². The minimum absolute atomic E-state index is 0.000860. The first-order chi connectivity index (χ1) is 12.0. The molecule has 1 saturated heterocycles. The van der Waals surface area contributed by atoms with Crippen molar-refractivity contribution in [1.29, 1.82) is 0 Å². The van der Waals surface area contributed by atoms with Gasteiger partial charge >= 0.3 is 0 Å². The van der Waals surface area contributed by atoms with Crippen molar-refractivity contribution in [2.45, 2.75) is 19.5 Å². The number of rotatable bonds is 5. The maximum atomic E-state index is 12.6. The van der Waals surface area contributed by atoms with Gasteiger partial charge in [0, 0.05) is 5.02 Å². The monoisotopic (exact) mass is 399 g/mol. The van der Waals surface area contributed by atoms with Crippen LogP contribution < -0.4 is 15.1 Å². The van der Waals surface area contributed by atoms with Gasteiger partial charge in [-0.15, -0.1) is 11.3 Å². The van der Waals surface area contributed by atoms with E-state index in [1.165, 1.54) is 9.78 Å². The zero-order valence-electron chi connectivity index (χ0n) is 14.1. The lowest BCUT2D eigenvalue weighted by Gasteiger charge is -2.32. The van der Waals surface area contributed by atoms with Crippen molar-refractivity contribution in [2.75, 3.05) is 31.5 Å². The summed E-state index contributed by atoms with van der Waals surface area (Å²) < 4.78 is 0. The van der Waals surface area contributed by atoms with Gasteiger partial charge in [-0.1, -0.05) is 29.3 Å². The van der Waals surface area contributed by atoms with Gasteiger partial charge in [0.25, 0.3) is 5.91 Å². The second-order valence-electron chi connectivity index (χ2n) is 6.50. The Morgan fingerprint density at radius 2 is 2.00 bits per heavy atom. The standard InChI is InChI=1S/C18H21Cl2N3OS/c1-13(18(24)21-17-5-4-14(19)11-16(17)20)23-8-6-22(7-9-23)12-15-3-2-10-25-15/h2-5,10-11,13H,6-9,12H2,1H3,(H,21,24)/p+2/t13-/m1/s1. The van der Waals surface area contributed by atoms with Gasteiger partial charge in [-0.3, -0.25) is 4.79 Å². The highest BCUT2D eigenvalue weighted by atomic mass is 35.5. The SMILES string of the molecule is C[C@H](C(=O)Nc1ccc(Cl)cc1Cl)[NH+]1CC[NH+](Cc2cccs2)CC1. The van der Waals surface area contributed by atoms with Gasteiger partial charge in [-0.25, -0.2) is 0 Å². The minimum atomic E-state index is -0.102. The topological polar surface area (TPSA) is 38.0 Å². The average Bonchev–Trinajstić information content (AvgIpc) is 3.10. The van der Waals surface area contributed by atoms with Crippen LogP contribution in [0.5, 0.6) is 0 Å². The highest BCUT2D eigenvalue weighted by Gasteiger charge is 2.31. The van der Waals surface area contributed by atoms with Gasteiger partial charge < -0.3 is 15.1 Å². The van der Waals surface area contributed by atoms with E-state index in [0.717, 1.165) is 32.7 Å². The van der Waals surface area contributed by atoms with E-state index in [9.17, 15) is 4.79 Å². The number of thiophene rings is 1. The van der Waals surface area contributed by atoms with E-state index >= 15 is 0 Å². The van der Waals surface area contributed by atoms with E-state index in [0.29, 0.717) is 15.7 Å². The van der Waals surface area contributed by atoms with Crippen molar-refractivity contribution in [2.24, 2.45) is 0 Å². The van der Waals surface area contributed by atoms with Crippen molar-refractivity contribution in [1.82, 2.24) is 0 Å². The van der Waals surface area contributed by atoms with Crippen LogP contribution in [0.25, 0.3) is 0 Å². The molecule has 134 valence electrons. The average molecular weight is 400 g/mol. The summed E-state index contributed by atoms with van der Waals surface area (Å²) in [5.41, 5.74) is 0.615. The van der Waals surface area contributed by atoms with Crippen molar-refractivity contribution in [3.63, 3.8) is 0 Å². The molecule has 2 heterocycles. The molecule has 0 spiro atoms. The number of nitrogens with one attached hydrogen (secondary N) is 3. The zero-order chi connectivity index (χ0) is 17.8. The summed E-state index contributed by atoms with van der Waals surface area (Å²) in [5, 5.41) is 6.08. The second kappa shape index (κ2) is 8.52. The third-order valence-corrected chi connectivity index (χ3v) is 6.22. The number of halogens is 2. The third-order valence-electron chi connectivity index (χ3n) is 4.80. The molecule has 0 bridgehead atoms. The summed E-state index contributed by atoms with van der Waals surface area (Å²) in [6.45, 7) is 7.26. The molecule has 2 aromatic rings. The van der Waals surface area contributed by atoms with Crippen LogP contribution in [0, 0.1) is 0 Å². The summed E-state index contributed by atoms with van der Waals surface area (Å²) in [6.07, 6.45) is 0. The van der Waals surface area contributed by atoms with E-state index in [-0.39, 0.29) is 11.9 Å². The molecule has 3 rings (SSSR count). The molecule has 4 nitrogen and oxygen atoms in total. The molecule has 1 aromatic carbocycles. The van der Waals surface area contributed by atoms with Gasteiger partial charge in [0.1, 0.15) is 32.7 Å². The van der Waals surface area contributed by atoms with Crippen LogP contribution in [-0.2, 0) is 11.3 Å². The first-order valence-corrected chi connectivity index (χ1v) is 10.1. The molecule has 1 fully saturated rings. The number of carbonyl (C=O) groups is 1. The first kappa shape index (κ1) is 18.7. The predicted molar refractivity (Wildman–Crippen MR) is 104 cm³/mol. The summed E-state index contributed by atoms with van der Waals surface area (Å²) in [7, 11) is 0. The fourth-order valence-corrected chi connectivity index (χ4v) is 4.44. The highest BCUT2D eigenvalue weighted by Crippen LogP contribution is 2.25. The molecular formula is C18H23Cl2N3OS+2. The third kappa shape index (κ3) is 4.96. The van der Waals surface area contributed by atoms with E-state index < -0.39 is 0 Å². The van der Waals surface area contributed by atoms with Crippen LogP contribution in [0.2, 0.25) is 10.0 Å². The van der Waals surface area contributed by atoms with Crippen molar-refractivity contribution in [3.05, 3.63) is 50.6 Å². The minimum Gasteiger partial charge on any atom is -0.321 e. The Hall–Kier alpha value is -1.11. The molecule has 0 aliphatic carbocycles. The molecule has 0 unspecified atom stereocenters. The maximum Gasteiger partial charge on any atom is 0.282 e. The van der Waals surface area contributed by atoms with E-state index in [1.807, 2.05) is 18.3 Å². The Labute approximate surface area is 162 Å². The van der Waals surface area contributed by atoms with Crippen LogP contribution in [-0.4, -0.2) is 38.1 Å². The molecule has 1 aliphatic heterocycles. The number of carbonyl (C=O) groups excluding carboxylic acids is 1. The van der Waals surface area contributed by atoms with Gasteiger partial charge in [-0.05, 0) is 36.6 Å². The van der Waals surface area contributed by atoms with E-state index in [2.05, 4.69) is 22.8 Å². The van der Waals surface area contributed by atoms with Gasteiger partial charge in [0.2, 0.25) is 0 Å². The van der Waals surface area contributed by atoms with Gasteiger partial charge in [0.15, 0.2) is 6.04 Å². The van der Waals surface area contributed by atoms with Crippen molar-refractivity contribution in [3.8, 4) is 0 Å². The molecule has 3 N–H and O–H groups in total. The zero-order valence-corrected chi connectivity index (χ0v) is 16.5. The summed E-state index contributed by atoms with van der Waals surface area (Å²) in [5.74, 6) is 0.000860. The van der Waals surface area contributed by atoms with Crippen LogP contribution in [0.3, 0.4) is 0 Å². The Morgan fingerprint density at radius 1 is 1.24 bits per heavy atom. The Bertz CT molecular complexity index is 715. The molecule has 25 heavy (non-hydrogen) atoms. The number of piperazine rings is 1. The van der Waals surface area contributed by atoms with E-state index in [1.54, 1.807) is 23.1 Å². The molecule has 1 atom stereocenters. The molecule has 1 aromatic heterocycles. The quantitative estimate of drug-likeness (QED) is 0.697. The lowest BCUT2D eigenvalue weighted by Crippen LogP contribution is -3.29. The Kier molecular flexibility index (Phi) is 6.36. The number of quaternary nitrogens is 2. The lowest BCUT2D eigenvalue weighted by atomic mass is 10.2. The van der Waals surface area contributed by atoms with E-state index in [4.69, 9.17) is 23.2 Å². The second-order valence-corrected chi connectivity index (χ2v) is 8.38. The number of hydrogen-bond acceptors (Lipinski definition) is 2. The molecular weight excluding hydrogens is 377 g/mol. The molecule has 1 amide bonds. The van der Waals surface area contributed by atoms with Crippen molar-refractivity contribution >= 4 is 46.1 Å². The normalized spacial score (nSPS) is 21.7. The Balaban J connectivity index is 1.51. The van der Waals surface area contributed by atoms with Gasteiger partial charge in [-0.2, -0.15) is 0 Å². The summed E-state index contributed by atoms with van der Waals surface area (Å²) >= 11 is 13.9. The van der Waals surface area contributed by atoms with Crippen LogP contribution in [0.4, 0.5) is 5.69 Å². The summed E-state index contributed by atoms with van der Waals surface area (Å²) in [4.78, 5) is 16.9. The molecule has 0 radical (unpaired) electrons. The fourth-order valence-electron chi connectivity index (χ4n) is 3.21. The highest BCUT2D eigenvalue weighted by molar-refractivity contribution is 7.09. The Morgan fingerprint density at radius 3 is 2.64 bits per heavy atom. The predicted octanol–water partition coefficient (Wildman–Crippen LogP) is 1.37. The molecule has 0 saturated carbocycles. The molecule has 1 aliphatic rings. The van der Waals surface area contributed by atoms with Crippen LogP contribution in [0.15, 0.2) is 35.7 Å². The number of hydrogen-bond donors (Lipinski definition) is 3. The number of amides is 1. The smallest absolute Gasteiger partial charge is 0.282 e. The largest absolute Gasteiger partial charge is 0.321 e. The van der Waals surface area contributed by atoms with Crippen molar-refractivity contribution < 1.29 is 14.6 Å². The number of anilines is 1. The molecule has 7 heteroatoms. The lowest BCUT2D eigenvalue weighted by molar-refractivity contribution is -1.02. The summed E-state index contributed by atoms with van der Waals surface area (Å²) in [6, 6.07) is 9.32. The van der Waals surface area contributed by atoms with Crippen LogP contribution in [0.1, 0.15) is 11.8 Å². The first-order valence-electron chi connectivity index (χ1n) is 8.49. The maximum absolute atomic E-state index is 12.6.